The minimum Gasteiger partial charge on any atom is -0.289 e. The Balaban J connectivity index is 2.09. The number of alkyl halides is 1. The largest absolute Gasteiger partial charge is 0.289 e. The Morgan fingerprint density at radius 3 is 2.00 bits per heavy atom. The van der Waals surface area contributed by atoms with Crippen LogP contribution in [-0.2, 0) is 0 Å². The van der Waals surface area contributed by atoms with E-state index in [9.17, 15) is 9.59 Å². The van der Waals surface area contributed by atoms with E-state index in [0.717, 1.165) is 4.90 Å². The molecular weight excluding hydrogens is 304 g/mol. The maximum Gasteiger partial charge on any atom is 0.200 e. The standard InChI is InChI=1S/C17H11ClO2S/c18-10-14-15(19)12-8-4-5-9-13(12)16(20)17(14)21-11-6-2-1-3-7-11/h1-9H,10H2. The van der Waals surface area contributed by atoms with Gasteiger partial charge in [0.15, 0.2) is 5.78 Å². The zero-order valence-electron chi connectivity index (χ0n) is 11.0. The van der Waals surface area contributed by atoms with Crippen LogP contribution in [0.5, 0.6) is 0 Å². The summed E-state index contributed by atoms with van der Waals surface area (Å²) in [5.41, 5.74) is 1.28. The maximum atomic E-state index is 12.6. The minimum atomic E-state index is -0.154. The minimum absolute atomic E-state index is 0.0358. The highest BCUT2D eigenvalue weighted by Crippen LogP contribution is 2.37. The van der Waals surface area contributed by atoms with Gasteiger partial charge < -0.3 is 0 Å². The van der Waals surface area contributed by atoms with Gasteiger partial charge in [0, 0.05) is 21.6 Å². The summed E-state index contributed by atoms with van der Waals surface area (Å²) in [5, 5.41) is 0. The van der Waals surface area contributed by atoms with Crippen molar-refractivity contribution in [3.63, 3.8) is 0 Å². The number of carbonyl (C=O) groups is 2. The first-order chi connectivity index (χ1) is 10.2. The van der Waals surface area contributed by atoms with Crippen LogP contribution in [0.1, 0.15) is 20.7 Å². The molecule has 0 bridgehead atoms. The van der Waals surface area contributed by atoms with E-state index in [1.165, 1.54) is 11.8 Å². The topological polar surface area (TPSA) is 34.1 Å². The van der Waals surface area contributed by atoms with E-state index in [1.807, 2.05) is 30.3 Å². The van der Waals surface area contributed by atoms with Crippen molar-refractivity contribution in [2.45, 2.75) is 4.90 Å². The molecule has 0 aliphatic heterocycles. The van der Waals surface area contributed by atoms with Crippen LogP contribution in [0.15, 0.2) is 70.0 Å². The third-order valence-electron chi connectivity index (χ3n) is 3.27. The van der Waals surface area contributed by atoms with Crippen molar-refractivity contribution in [1.29, 1.82) is 0 Å². The second-order valence-corrected chi connectivity index (χ2v) is 5.91. The van der Waals surface area contributed by atoms with Gasteiger partial charge in [-0.3, -0.25) is 9.59 Å². The first-order valence-corrected chi connectivity index (χ1v) is 7.78. The number of rotatable bonds is 3. The van der Waals surface area contributed by atoms with Crippen molar-refractivity contribution in [2.24, 2.45) is 0 Å². The Morgan fingerprint density at radius 2 is 1.38 bits per heavy atom. The summed E-state index contributed by atoms with van der Waals surface area (Å²) in [6, 6.07) is 16.4. The number of ketones is 2. The van der Waals surface area contributed by atoms with Gasteiger partial charge in [0.2, 0.25) is 5.78 Å². The molecular formula is C17H11ClO2S. The van der Waals surface area contributed by atoms with Crippen LogP contribution in [0.2, 0.25) is 0 Å². The van der Waals surface area contributed by atoms with Crippen molar-refractivity contribution >= 4 is 34.9 Å². The number of carbonyl (C=O) groups excluding carboxylic acids is 2. The van der Waals surface area contributed by atoms with Gasteiger partial charge in [-0.1, -0.05) is 54.2 Å². The molecule has 1 aliphatic carbocycles. The van der Waals surface area contributed by atoms with Crippen molar-refractivity contribution in [3.05, 3.63) is 76.2 Å². The fourth-order valence-electron chi connectivity index (χ4n) is 2.24. The molecule has 3 rings (SSSR count). The fraction of sp³-hybridized carbons (Fsp3) is 0.0588. The Bertz CT molecular complexity index is 750. The molecule has 0 atom stereocenters. The second-order valence-electron chi connectivity index (χ2n) is 4.56. The van der Waals surface area contributed by atoms with Gasteiger partial charge in [-0.25, -0.2) is 0 Å². The van der Waals surface area contributed by atoms with Crippen molar-refractivity contribution < 1.29 is 9.59 Å². The van der Waals surface area contributed by atoms with Crippen LogP contribution >= 0.6 is 23.4 Å². The Hall–Kier alpha value is -1.84. The van der Waals surface area contributed by atoms with Crippen molar-refractivity contribution in [1.82, 2.24) is 0 Å². The number of Topliss-reactive ketones (excluding diaryl/α,β-unsaturated/α-hetero) is 2. The summed E-state index contributed by atoms with van der Waals surface area (Å²) in [4.78, 5) is 26.5. The Kier molecular flexibility index (Phi) is 3.95. The molecule has 2 aromatic carbocycles. The average Bonchev–Trinajstić information content (AvgIpc) is 2.54. The normalized spacial score (nSPS) is 14.3. The van der Waals surface area contributed by atoms with Gasteiger partial charge in [0.25, 0.3) is 0 Å². The number of hydrogen-bond acceptors (Lipinski definition) is 3. The summed E-state index contributed by atoms with van der Waals surface area (Å²) >= 11 is 7.22. The summed E-state index contributed by atoms with van der Waals surface area (Å²) < 4.78 is 0. The first-order valence-electron chi connectivity index (χ1n) is 6.43. The number of hydrogen-bond donors (Lipinski definition) is 0. The zero-order chi connectivity index (χ0) is 14.8. The molecule has 2 aromatic rings. The third-order valence-corrected chi connectivity index (χ3v) is 4.68. The molecule has 0 N–H and O–H groups in total. The molecule has 0 radical (unpaired) electrons. The van der Waals surface area contributed by atoms with E-state index in [2.05, 4.69) is 0 Å². The van der Waals surface area contributed by atoms with Crippen LogP contribution in [-0.4, -0.2) is 17.4 Å². The molecule has 0 heterocycles. The number of thioether (sulfide) groups is 1. The van der Waals surface area contributed by atoms with Gasteiger partial charge in [0.05, 0.1) is 10.8 Å². The van der Waals surface area contributed by atoms with Crippen LogP contribution < -0.4 is 0 Å². The zero-order valence-corrected chi connectivity index (χ0v) is 12.6. The lowest BCUT2D eigenvalue weighted by Crippen LogP contribution is -2.21. The average molecular weight is 315 g/mol. The molecule has 0 aromatic heterocycles. The third kappa shape index (κ3) is 2.55. The molecule has 0 saturated carbocycles. The highest BCUT2D eigenvalue weighted by Gasteiger charge is 2.31. The van der Waals surface area contributed by atoms with Crippen LogP contribution in [0.4, 0.5) is 0 Å². The molecule has 1 aliphatic rings. The number of fused-ring (bicyclic) bond motifs is 1. The summed E-state index contributed by atoms with van der Waals surface area (Å²) in [7, 11) is 0. The lowest BCUT2D eigenvalue weighted by atomic mass is 9.90. The van der Waals surface area contributed by atoms with Gasteiger partial charge >= 0.3 is 0 Å². The van der Waals surface area contributed by atoms with E-state index >= 15 is 0 Å². The predicted molar refractivity (Wildman–Crippen MR) is 85.1 cm³/mol. The van der Waals surface area contributed by atoms with E-state index in [0.29, 0.717) is 21.6 Å². The van der Waals surface area contributed by atoms with E-state index in [-0.39, 0.29) is 17.4 Å². The van der Waals surface area contributed by atoms with Gasteiger partial charge in [0.1, 0.15) is 0 Å². The lowest BCUT2D eigenvalue weighted by molar-refractivity contribution is 0.0982. The quantitative estimate of drug-likeness (QED) is 0.790. The molecule has 0 amide bonds. The molecule has 0 saturated heterocycles. The van der Waals surface area contributed by atoms with Crippen LogP contribution in [0.25, 0.3) is 0 Å². The summed E-state index contributed by atoms with van der Waals surface area (Å²) in [6.45, 7) is 0. The monoisotopic (exact) mass is 314 g/mol. The predicted octanol–water partition coefficient (Wildman–Crippen LogP) is 4.35. The molecule has 0 unspecified atom stereocenters. The SMILES string of the molecule is O=C1C(CCl)=C(Sc2ccccc2)C(=O)c2ccccc21. The maximum absolute atomic E-state index is 12.6. The number of halogens is 1. The lowest BCUT2D eigenvalue weighted by Gasteiger charge is -2.19. The smallest absolute Gasteiger partial charge is 0.200 e. The summed E-state index contributed by atoms with van der Waals surface area (Å²) in [5.74, 6) is -0.248. The Morgan fingerprint density at radius 1 is 0.810 bits per heavy atom. The van der Waals surface area contributed by atoms with Crippen molar-refractivity contribution in [2.75, 3.05) is 5.88 Å². The van der Waals surface area contributed by atoms with E-state index in [1.54, 1.807) is 24.3 Å². The van der Waals surface area contributed by atoms with Crippen molar-refractivity contribution in [3.8, 4) is 0 Å². The number of allylic oxidation sites excluding steroid dienone is 2. The molecule has 0 spiro atoms. The molecule has 4 heteroatoms. The molecule has 104 valence electrons. The van der Waals surface area contributed by atoms with Crippen LogP contribution in [0.3, 0.4) is 0 Å². The second kappa shape index (κ2) is 5.88. The first kappa shape index (κ1) is 14.1. The summed E-state index contributed by atoms with van der Waals surface area (Å²) in [6.07, 6.45) is 0. The van der Waals surface area contributed by atoms with Gasteiger partial charge in [-0.15, -0.1) is 11.6 Å². The van der Waals surface area contributed by atoms with Gasteiger partial charge in [-0.05, 0) is 12.1 Å². The highest BCUT2D eigenvalue weighted by atomic mass is 35.5. The van der Waals surface area contributed by atoms with E-state index < -0.39 is 0 Å². The molecule has 2 nitrogen and oxygen atoms in total. The van der Waals surface area contributed by atoms with Gasteiger partial charge in [-0.2, -0.15) is 0 Å². The van der Waals surface area contributed by atoms with E-state index in [4.69, 9.17) is 11.6 Å². The fourth-order valence-corrected chi connectivity index (χ4v) is 3.59. The Labute approximate surface area is 131 Å². The highest BCUT2D eigenvalue weighted by molar-refractivity contribution is 8.04. The molecule has 21 heavy (non-hydrogen) atoms. The molecule has 0 fully saturated rings. The van der Waals surface area contributed by atoms with Crippen LogP contribution in [0, 0.1) is 0 Å². The number of benzene rings is 2.